The minimum absolute atomic E-state index is 0.0246. The zero-order chi connectivity index (χ0) is 18.4. The highest BCUT2D eigenvalue weighted by Crippen LogP contribution is 2.45. The minimum atomic E-state index is -0.877. The second kappa shape index (κ2) is 8.76. The zero-order valence-electron chi connectivity index (χ0n) is 14.6. The van der Waals surface area contributed by atoms with Gasteiger partial charge in [-0.15, -0.1) is 0 Å². The predicted octanol–water partition coefficient (Wildman–Crippen LogP) is 3.92. The third kappa shape index (κ3) is 4.79. The highest BCUT2D eigenvalue weighted by atomic mass is 16.5. The van der Waals surface area contributed by atoms with Crippen molar-refractivity contribution in [1.82, 2.24) is 5.16 Å². The molecule has 6 nitrogen and oxygen atoms in total. The van der Waals surface area contributed by atoms with Gasteiger partial charge in [-0.25, -0.2) is 0 Å². The molecule has 6 heteroatoms. The SMILES string of the molecule is O=Cc1onc([C@@H](CCCOCc2ccccc2)CC(=O)O)c1C1CC1. The summed E-state index contributed by atoms with van der Waals surface area (Å²) in [6.07, 6.45) is 3.99. The number of aromatic nitrogens is 1. The summed E-state index contributed by atoms with van der Waals surface area (Å²) in [6.45, 7) is 1.08. The van der Waals surface area contributed by atoms with Crippen molar-refractivity contribution in [3.05, 3.63) is 52.9 Å². The molecule has 0 amide bonds. The van der Waals surface area contributed by atoms with Gasteiger partial charge in [-0.1, -0.05) is 35.5 Å². The predicted molar refractivity (Wildman–Crippen MR) is 94.2 cm³/mol. The van der Waals surface area contributed by atoms with Crippen LogP contribution in [0, 0.1) is 0 Å². The molecule has 0 spiro atoms. The molecule has 3 rings (SSSR count). The first-order valence-electron chi connectivity index (χ1n) is 8.97. The number of hydrogen-bond acceptors (Lipinski definition) is 5. The summed E-state index contributed by atoms with van der Waals surface area (Å²) in [6, 6.07) is 9.91. The van der Waals surface area contributed by atoms with Crippen molar-refractivity contribution < 1.29 is 24.0 Å². The van der Waals surface area contributed by atoms with Crippen LogP contribution in [0.3, 0.4) is 0 Å². The molecule has 0 saturated heterocycles. The van der Waals surface area contributed by atoms with Gasteiger partial charge in [0.25, 0.3) is 0 Å². The summed E-state index contributed by atoms with van der Waals surface area (Å²) in [7, 11) is 0. The van der Waals surface area contributed by atoms with Crippen LogP contribution in [-0.2, 0) is 16.1 Å². The van der Waals surface area contributed by atoms with Gasteiger partial charge in [0, 0.05) is 18.1 Å². The van der Waals surface area contributed by atoms with E-state index in [1.807, 2.05) is 30.3 Å². The van der Waals surface area contributed by atoms with Crippen LogP contribution in [0.2, 0.25) is 0 Å². The lowest BCUT2D eigenvalue weighted by atomic mass is 9.91. The number of carboxylic acids is 1. The number of nitrogens with zero attached hydrogens (tertiary/aromatic N) is 1. The lowest BCUT2D eigenvalue weighted by Gasteiger charge is -2.14. The fourth-order valence-corrected chi connectivity index (χ4v) is 3.23. The Bertz CT molecular complexity index is 736. The van der Waals surface area contributed by atoms with E-state index in [2.05, 4.69) is 5.16 Å². The molecule has 1 saturated carbocycles. The molecule has 0 bridgehead atoms. The van der Waals surface area contributed by atoms with Crippen LogP contribution in [0.4, 0.5) is 0 Å². The Morgan fingerprint density at radius 3 is 2.77 bits per heavy atom. The summed E-state index contributed by atoms with van der Waals surface area (Å²) in [5.74, 6) is -0.612. The van der Waals surface area contributed by atoms with E-state index in [-0.39, 0.29) is 24.0 Å². The van der Waals surface area contributed by atoms with E-state index < -0.39 is 5.97 Å². The number of rotatable bonds is 11. The maximum atomic E-state index is 11.3. The van der Waals surface area contributed by atoms with Crippen molar-refractivity contribution >= 4 is 12.3 Å². The number of aliphatic carboxylic acids is 1. The second-order valence-electron chi connectivity index (χ2n) is 6.71. The number of hydrogen-bond donors (Lipinski definition) is 1. The van der Waals surface area contributed by atoms with Crippen LogP contribution in [0.5, 0.6) is 0 Å². The Balaban J connectivity index is 1.57. The monoisotopic (exact) mass is 357 g/mol. The largest absolute Gasteiger partial charge is 0.481 e. The van der Waals surface area contributed by atoms with E-state index in [0.29, 0.717) is 31.6 Å². The van der Waals surface area contributed by atoms with Gasteiger partial charge in [-0.2, -0.15) is 0 Å². The summed E-state index contributed by atoms with van der Waals surface area (Å²) in [5.41, 5.74) is 2.56. The average molecular weight is 357 g/mol. The molecule has 138 valence electrons. The highest BCUT2D eigenvalue weighted by molar-refractivity contribution is 5.74. The Labute approximate surface area is 152 Å². The number of benzene rings is 1. The van der Waals surface area contributed by atoms with Crippen molar-refractivity contribution in [2.24, 2.45) is 0 Å². The average Bonchev–Trinajstić information content (AvgIpc) is 3.39. The van der Waals surface area contributed by atoms with Crippen LogP contribution >= 0.6 is 0 Å². The Hall–Kier alpha value is -2.47. The normalized spacial score (nSPS) is 14.9. The fraction of sp³-hybridized carbons (Fsp3) is 0.450. The summed E-state index contributed by atoms with van der Waals surface area (Å²) in [5, 5.41) is 13.3. The summed E-state index contributed by atoms with van der Waals surface area (Å²) in [4.78, 5) is 22.5. The van der Waals surface area contributed by atoms with Crippen molar-refractivity contribution in [3.8, 4) is 0 Å². The third-order valence-corrected chi connectivity index (χ3v) is 4.64. The number of ether oxygens (including phenoxy) is 1. The van der Waals surface area contributed by atoms with E-state index >= 15 is 0 Å². The lowest BCUT2D eigenvalue weighted by Crippen LogP contribution is -2.10. The lowest BCUT2D eigenvalue weighted by molar-refractivity contribution is -0.137. The van der Waals surface area contributed by atoms with Gasteiger partial charge < -0.3 is 14.4 Å². The molecular weight excluding hydrogens is 334 g/mol. The van der Waals surface area contributed by atoms with E-state index in [1.54, 1.807) is 0 Å². The molecule has 1 fully saturated rings. The first kappa shape index (κ1) is 18.3. The van der Waals surface area contributed by atoms with Crippen LogP contribution in [0.1, 0.15) is 71.3 Å². The van der Waals surface area contributed by atoms with Gasteiger partial charge in [-0.3, -0.25) is 9.59 Å². The molecule has 0 aliphatic heterocycles. The van der Waals surface area contributed by atoms with E-state index in [9.17, 15) is 14.7 Å². The molecule has 0 unspecified atom stereocenters. The van der Waals surface area contributed by atoms with Gasteiger partial charge >= 0.3 is 5.97 Å². The molecule has 1 atom stereocenters. The summed E-state index contributed by atoms with van der Waals surface area (Å²) >= 11 is 0. The minimum Gasteiger partial charge on any atom is -0.481 e. The quantitative estimate of drug-likeness (QED) is 0.484. The summed E-state index contributed by atoms with van der Waals surface area (Å²) < 4.78 is 10.8. The first-order chi connectivity index (χ1) is 12.7. The van der Waals surface area contributed by atoms with Gasteiger partial charge in [0.15, 0.2) is 6.29 Å². The molecule has 1 aliphatic rings. The van der Waals surface area contributed by atoms with Crippen molar-refractivity contribution in [2.75, 3.05) is 6.61 Å². The molecule has 26 heavy (non-hydrogen) atoms. The highest BCUT2D eigenvalue weighted by Gasteiger charge is 2.35. The number of carbonyl (C=O) groups excluding carboxylic acids is 1. The van der Waals surface area contributed by atoms with Crippen LogP contribution < -0.4 is 0 Å². The zero-order valence-corrected chi connectivity index (χ0v) is 14.6. The molecule has 0 radical (unpaired) electrons. The standard InChI is InChI=1S/C20H23NO5/c22-12-17-19(15-8-9-15)20(21-26-17)16(11-18(23)24)7-4-10-25-13-14-5-2-1-3-6-14/h1-3,5-6,12,15-16H,4,7-11,13H2,(H,23,24)/t16-/m0/s1. The first-order valence-corrected chi connectivity index (χ1v) is 8.97. The van der Waals surface area contributed by atoms with Gasteiger partial charge in [0.05, 0.1) is 18.7 Å². The van der Waals surface area contributed by atoms with Crippen molar-refractivity contribution in [3.63, 3.8) is 0 Å². The molecule has 1 aromatic heterocycles. The number of carbonyl (C=O) groups is 2. The molecule has 1 aliphatic carbocycles. The maximum absolute atomic E-state index is 11.3. The molecule has 2 aromatic rings. The van der Waals surface area contributed by atoms with E-state index in [4.69, 9.17) is 9.26 Å². The Kier molecular flexibility index (Phi) is 6.17. The Morgan fingerprint density at radius 1 is 1.35 bits per heavy atom. The van der Waals surface area contributed by atoms with Crippen molar-refractivity contribution in [1.29, 1.82) is 0 Å². The maximum Gasteiger partial charge on any atom is 0.304 e. The van der Waals surface area contributed by atoms with Crippen LogP contribution in [-0.4, -0.2) is 29.1 Å². The Morgan fingerprint density at radius 2 is 2.12 bits per heavy atom. The van der Waals surface area contributed by atoms with E-state index in [1.165, 1.54) is 0 Å². The third-order valence-electron chi connectivity index (χ3n) is 4.64. The fourth-order valence-electron chi connectivity index (χ4n) is 3.23. The topological polar surface area (TPSA) is 89.6 Å². The van der Waals surface area contributed by atoms with Gasteiger partial charge in [0.1, 0.15) is 0 Å². The van der Waals surface area contributed by atoms with Crippen LogP contribution in [0.25, 0.3) is 0 Å². The van der Waals surface area contributed by atoms with Crippen molar-refractivity contribution in [2.45, 2.75) is 50.5 Å². The molecule has 1 N–H and O–H groups in total. The molecular formula is C20H23NO5. The smallest absolute Gasteiger partial charge is 0.304 e. The number of carboxylic acid groups (broad SMARTS) is 1. The second-order valence-corrected chi connectivity index (χ2v) is 6.71. The van der Waals surface area contributed by atoms with Crippen LogP contribution in [0.15, 0.2) is 34.9 Å². The molecule has 1 aromatic carbocycles. The number of aldehydes is 1. The van der Waals surface area contributed by atoms with Gasteiger partial charge in [-0.05, 0) is 37.2 Å². The van der Waals surface area contributed by atoms with Gasteiger partial charge in [0.2, 0.25) is 5.76 Å². The van der Waals surface area contributed by atoms with E-state index in [0.717, 1.165) is 30.4 Å². The molecule has 1 heterocycles.